The van der Waals surface area contributed by atoms with Gasteiger partial charge in [0.25, 0.3) is 0 Å². The Hall–Kier alpha value is -0.870. The molecule has 0 aliphatic carbocycles. The van der Waals surface area contributed by atoms with E-state index in [0.717, 1.165) is 21.4 Å². The van der Waals surface area contributed by atoms with E-state index in [1.54, 1.807) is 0 Å². The Morgan fingerprint density at radius 1 is 1.57 bits per heavy atom. The van der Waals surface area contributed by atoms with Gasteiger partial charge in [0, 0.05) is 16.6 Å². The second-order valence-corrected chi connectivity index (χ2v) is 3.84. The molecule has 0 unspecified atom stereocenters. The summed E-state index contributed by atoms with van der Waals surface area (Å²) < 4.78 is 1.03. The van der Waals surface area contributed by atoms with Crippen LogP contribution in [-0.2, 0) is 0 Å². The van der Waals surface area contributed by atoms with Gasteiger partial charge in [-0.1, -0.05) is 22.0 Å². The Bertz CT molecular complexity index is 347. The summed E-state index contributed by atoms with van der Waals surface area (Å²) in [6.45, 7) is 4.72. The minimum Gasteiger partial charge on any atom is -0.308 e. The molecule has 4 heteroatoms. The van der Waals surface area contributed by atoms with Gasteiger partial charge in [0.1, 0.15) is 5.84 Å². The maximum atomic E-state index is 5.41. The molecule has 14 heavy (non-hydrogen) atoms. The number of aryl methyl sites for hydroxylation is 1. The molecule has 0 heterocycles. The van der Waals surface area contributed by atoms with E-state index in [2.05, 4.69) is 26.3 Å². The summed E-state index contributed by atoms with van der Waals surface area (Å²) in [6.07, 6.45) is 0. The third-order valence-electron chi connectivity index (χ3n) is 1.91. The van der Waals surface area contributed by atoms with Crippen LogP contribution in [0.1, 0.15) is 18.1 Å². The van der Waals surface area contributed by atoms with E-state index in [4.69, 9.17) is 5.84 Å². The first-order chi connectivity index (χ1) is 6.69. The fourth-order valence-corrected chi connectivity index (χ4v) is 1.58. The van der Waals surface area contributed by atoms with Crippen molar-refractivity contribution in [1.29, 1.82) is 0 Å². The highest BCUT2D eigenvalue weighted by Gasteiger charge is 2.05. The van der Waals surface area contributed by atoms with Crippen molar-refractivity contribution < 1.29 is 0 Å². The summed E-state index contributed by atoms with van der Waals surface area (Å²) in [7, 11) is 0. The molecule has 0 saturated carbocycles. The maximum Gasteiger partial charge on any atom is 0.142 e. The third-order valence-corrected chi connectivity index (χ3v) is 2.40. The van der Waals surface area contributed by atoms with E-state index in [-0.39, 0.29) is 0 Å². The average Bonchev–Trinajstić information content (AvgIpc) is 2.18. The lowest BCUT2D eigenvalue weighted by molar-refractivity contribution is 0.989. The predicted octanol–water partition coefficient (Wildman–Crippen LogP) is 1.99. The minimum atomic E-state index is 0.714. The zero-order chi connectivity index (χ0) is 10.6. The molecule has 3 N–H and O–H groups in total. The second kappa shape index (κ2) is 5.12. The highest BCUT2D eigenvalue weighted by Crippen LogP contribution is 2.16. The van der Waals surface area contributed by atoms with Crippen molar-refractivity contribution in [3.63, 3.8) is 0 Å². The molecule has 3 nitrogen and oxygen atoms in total. The van der Waals surface area contributed by atoms with Gasteiger partial charge in [-0.25, -0.2) is 5.84 Å². The van der Waals surface area contributed by atoms with Gasteiger partial charge in [0.2, 0.25) is 0 Å². The molecule has 0 aromatic heterocycles. The lowest BCUT2D eigenvalue weighted by Gasteiger charge is -2.09. The molecule has 0 atom stereocenters. The van der Waals surface area contributed by atoms with E-state index in [9.17, 15) is 0 Å². The lowest BCUT2D eigenvalue weighted by atomic mass is 10.1. The van der Waals surface area contributed by atoms with Crippen molar-refractivity contribution in [1.82, 2.24) is 5.43 Å². The number of hydrogen-bond acceptors (Lipinski definition) is 2. The summed E-state index contributed by atoms with van der Waals surface area (Å²) in [5, 5.41) is 0. The van der Waals surface area contributed by atoms with Crippen LogP contribution in [0.5, 0.6) is 0 Å². The molecule has 0 aliphatic rings. The highest BCUT2D eigenvalue weighted by molar-refractivity contribution is 9.10. The van der Waals surface area contributed by atoms with Gasteiger partial charge in [0.15, 0.2) is 0 Å². The smallest absolute Gasteiger partial charge is 0.142 e. The summed E-state index contributed by atoms with van der Waals surface area (Å²) in [6, 6.07) is 6.03. The SMILES string of the molecule is CCN=C(NN)c1cc(Br)ccc1C. The van der Waals surface area contributed by atoms with Crippen LogP contribution in [0.2, 0.25) is 0 Å². The maximum absolute atomic E-state index is 5.41. The standard InChI is InChI=1S/C10H14BrN3/c1-3-13-10(14-12)9-6-8(11)5-4-7(9)2/h4-6H,3,12H2,1-2H3,(H,13,14). The normalized spacial score (nSPS) is 11.6. The largest absolute Gasteiger partial charge is 0.308 e. The second-order valence-electron chi connectivity index (χ2n) is 2.93. The number of amidine groups is 1. The Morgan fingerprint density at radius 2 is 2.29 bits per heavy atom. The van der Waals surface area contributed by atoms with Crippen molar-refractivity contribution >= 4 is 21.8 Å². The van der Waals surface area contributed by atoms with Crippen LogP contribution in [0.15, 0.2) is 27.7 Å². The molecule has 0 bridgehead atoms. The van der Waals surface area contributed by atoms with Crippen LogP contribution in [0.25, 0.3) is 0 Å². The van der Waals surface area contributed by atoms with Gasteiger partial charge in [-0.05, 0) is 31.5 Å². The number of nitrogens with zero attached hydrogens (tertiary/aromatic N) is 1. The summed E-state index contributed by atoms with van der Waals surface area (Å²) in [4.78, 5) is 4.27. The number of halogens is 1. The number of hydrogen-bond donors (Lipinski definition) is 2. The minimum absolute atomic E-state index is 0.714. The fourth-order valence-electron chi connectivity index (χ4n) is 1.22. The number of benzene rings is 1. The van der Waals surface area contributed by atoms with Crippen LogP contribution < -0.4 is 11.3 Å². The molecular formula is C10H14BrN3. The molecule has 0 aliphatic heterocycles. The van der Waals surface area contributed by atoms with Crippen LogP contribution in [0.4, 0.5) is 0 Å². The quantitative estimate of drug-likeness (QED) is 0.368. The van der Waals surface area contributed by atoms with Gasteiger partial charge in [0.05, 0.1) is 0 Å². The van der Waals surface area contributed by atoms with E-state index >= 15 is 0 Å². The molecule has 0 spiro atoms. The first-order valence-electron chi connectivity index (χ1n) is 4.46. The number of rotatable bonds is 2. The molecule has 0 radical (unpaired) electrons. The van der Waals surface area contributed by atoms with Crippen LogP contribution in [0.3, 0.4) is 0 Å². The molecule has 1 aromatic carbocycles. The van der Waals surface area contributed by atoms with Gasteiger partial charge in [-0.3, -0.25) is 4.99 Å². The van der Waals surface area contributed by atoms with Gasteiger partial charge >= 0.3 is 0 Å². The van der Waals surface area contributed by atoms with Crippen molar-refractivity contribution in [3.8, 4) is 0 Å². The summed E-state index contributed by atoms with van der Waals surface area (Å²) in [5.41, 5.74) is 4.80. The predicted molar refractivity (Wildman–Crippen MR) is 63.3 cm³/mol. The zero-order valence-corrected chi connectivity index (χ0v) is 9.93. The summed E-state index contributed by atoms with van der Waals surface area (Å²) in [5.74, 6) is 6.14. The fraction of sp³-hybridized carbons (Fsp3) is 0.300. The molecule has 0 saturated heterocycles. The van der Waals surface area contributed by atoms with E-state index in [0.29, 0.717) is 6.54 Å². The van der Waals surface area contributed by atoms with Crippen molar-refractivity contribution in [3.05, 3.63) is 33.8 Å². The monoisotopic (exact) mass is 255 g/mol. The zero-order valence-electron chi connectivity index (χ0n) is 8.34. The van der Waals surface area contributed by atoms with E-state index < -0.39 is 0 Å². The van der Waals surface area contributed by atoms with Crippen molar-refractivity contribution in [2.75, 3.05) is 6.54 Å². The van der Waals surface area contributed by atoms with Crippen molar-refractivity contribution in [2.45, 2.75) is 13.8 Å². The van der Waals surface area contributed by atoms with Crippen LogP contribution in [0, 0.1) is 6.92 Å². The Morgan fingerprint density at radius 3 is 2.86 bits per heavy atom. The van der Waals surface area contributed by atoms with Crippen molar-refractivity contribution in [2.24, 2.45) is 10.8 Å². The molecule has 1 aromatic rings. The Balaban J connectivity index is 3.15. The Kier molecular flexibility index (Phi) is 4.10. The first kappa shape index (κ1) is 11.2. The molecule has 0 fully saturated rings. The molecule has 76 valence electrons. The van der Waals surface area contributed by atoms with E-state index in [1.807, 2.05) is 32.0 Å². The highest BCUT2D eigenvalue weighted by atomic mass is 79.9. The molecule has 0 amide bonds. The first-order valence-corrected chi connectivity index (χ1v) is 5.26. The number of nitrogens with two attached hydrogens (primary N) is 1. The van der Waals surface area contributed by atoms with E-state index in [1.165, 1.54) is 0 Å². The van der Waals surface area contributed by atoms with Gasteiger partial charge in [-0.2, -0.15) is 0 Å². The lowest BCUT2D eigenvalue weighted by Crippen LogP contribution is -2.31. The number of aliphatic imine (C=N–C) groups is 1. The number of nitrogens with one attached hydrogen (secondary N) is 1. The average molecular weight is 256 g/mol. The summed E-state index contributed by atoms with van der Waals surface area (Å²) >= 11 is 3.42. The Labute approximate surface area is 92.5 Å². The van der Waals surface area contributed by atoms with Crippen LogP contribution in [-0.4, -0.2) is 12.4 Å². The van der Waals surface area contributed by atoms with Gasteiger partial charge in [-0.15, -0.1) is 0 Å². The molecule has 1 rings (SSSR count). The topological polar surface area (TPSA) is 50.4 Å². The third kappa shape index (κ3) is 2.56. The van der Waals surface area contributed by atoms with Crippen LogP contribution >= 0.6 is 15.9 Å². The van der Waals surface area contributed by atoms with Gasteiger partial charge < -0.3 is 5.43 Å². The number of hydrazine groups is 1. The molecular weight excluding hydrogens is 242 g/mol.